The lowest BCUT2D eigenvalue weighted by Crippen LogP contribution is -2.26. The third-order valence-corrected chi connectivity index (χ3v) is 2.62. The van der Waals surface area contributed by atoms with Crippen molar-refractivity contribution in [1.29, 1.82) is 0 Å². The number of ether oxygens (including phenoxy) is 2. The normalized spacial score (nSPS) is 12.2. The standard InChI is InChI=1S/C13H19FN2O3/c1-9(16-5-6-19-8-13(15)17)10-3-4-12(18-2)11(14)7-10/h3-4,7,9,16H,5-6,8H2,1-2H3,(H2,15,17). The summed E-state index contributed by atoms with van der Waals surface area (Å²) >= 11 is 0. The first-order chi connectivity index (χ1) is 9.04. The van der Waals surface area contributed by atoms with Crippen LogP contribution in [-0.4, -0.2) is 32.8 Å². The summed E-state index contributed by atoms with van der Waals surface area (Å²) in [5.74, 6) is -0.662. The van der Waals surface area contributed by atoms with Crippen LogP contribution in [0.1, 0.15) is 18.5 Å². The molecule has 3 N–H and O–H groups in total. The maximum atomic E-state index is 13.5. The first kappa shape index (κ1) is 15.4. The van der Waals surface area contributed by atoms with Gasteiger partial charge in [-0.15, -0.1) is 0 Å². The average Bonchev–Trinajstić information content (AvgIpc) is 2.37. The molecule has 0 aliphatic rings. The molecule has 0 saturated carbocycles. The molecule has 1 amide bonds. The van der Waals surface area contributed by atoms with E-state index in [1.807, 2.05) is 6.92 Å². The number of nitrogens with two attached hydrogens (primary N) is 1. The molecule has 0 heterocycles. The molecule has 0 fully saturated rings. The smallest absolute Gasteiger partial charge is 0.243 e. The number of rotatable bonds is 8. The molecule has 6 heteroatoms. The molecule has 0 aliphatic carbocycles. The summed E-state index contributed by atoms with van der Waals surface area (Å²) in [6, 6.07) is 4.79. The van der Waals surface area contributed by atoms with Crippen molar-refractivity contribution in [2.75, 3.05) is 26.9 Å². The summed E-state index contributed by atoms with van der Waals surface area (Å²) in [7, 11) is 1.43. The molecule has 1 aromatic rings. The van der Waals surface area contributed by atoms with E-state index in [-0.39, 0.29) is 18.4 Å². The Hall–Kier alpha value is -1.66. The van der Waals surface area contributed by atoms with Crippen LogP contribution < -0.4 is 15.8 Å². The highest BCUT2D eigenvalue weighted by Gasteiger charge is 2.08. The molecule has 106 valence electrons. The van der Waals surface area contributed by atoms with Crippen molar-refractivity contribution in [3.8, 4) is 5.75 Å². The largest absolute Gasteiger partial charge is 0.494 e. The Morgan fingerprint density at radius 3 is 2.84 bits per heavy atom. The van der Waals surface area contributed by atoms with E-state index in [9.17, 15) is 9.18 Å². The Balaban J connectivity index is 2.39. The van der Waals surface area contributed by atoms with E-state index >= 15 is 0 Å². The highest BCUT2D eigenvalue weighted by atomic mass is 19.1. The van der Waals surface area contributed by atoms with Crippen molar-refractivity contribution in [3.05, 3.63) is 29.6 Å². The minimum Gasteiger partial charge on any atom is -0.494 e. The fraction of sp³-hybridized carbons (Fsp3) is 0.462. The van der Waals surface area contributed by atoms with Crippen LogP contribution in [0.4, 0.5) is 4.39 Å². The maximum absolute atomic E-state index is 13.5. The average molecular weight is 270 g/mol. The monoisotopic (exact) mass is 270 g/mol. The number of hydrogen-bond acceptors (Lipinski definition) is 4. The number of benzene rings is 1. The Labute approximate surface area is 111 Å². The molecule has 0 saturated heterocycles. The molecule has 0 spiro atoms. The zero-order valence-electron chi connectivity index (χ0n) is 11.1. The third-order valence-electron chi connectivity index (χ3n) is 2.62. The molecule has 19 heavy (non-hydrogen) atoms. The summed E-state index contributed by atoms with van der Waals surface area (Å²) < 4.78 is 23.4. The van der Waals surface area contributed by atoms with Gasteiger partial charge in [-0.1, -0.05) is 6.07 Å². The molecular weight excluding hydrogens is 251 g/mol. The molecule has 1 rings (SSSR count). The number of primary amides is 1. The predicted octanol–water partition coefficient (Wildman–Crippen LogP) is 0.987. The van der Waals surface area contributed by atoms with Crippen LogP contribution in [0.25, 0.3) is 0 Å². The number of carbonyl (C=O) groups is 1. The van der Waals surface area contributed by atoms with Gasteiger partial charge < -0.3 is 20.5 Å². The molecule has 0 radical (unpaired) electrons. The zero-order chi connectivity index (χ0) is 14.3. The molecule has 5 nitrogen and oxygen atoms in total. The topological polar surface area (TPSA) is 73.6 Å². The van der Waals surface area contributed by atoms with E-state index in [1.54, 1.807) is 12.1 Å². The lowest BCUT2D eigenvalue weighted by molar-refractivity contribution is -0.122. The number of carbonyl (C=O) groups excluding carboxylic acids is 1. The SMILES string of the molecule is COc1ccc(C(C)NCCOCC(N)=O)cc1F. The lowest BCUT2D eigenvalue weighted by atomic mass is 10.1. The van der Waals surface area contributed by atoms with Crippen molar-refractivity contribution < 1.29 is 18.7 Å². The zero-order valence-corrected chi connectivity index (χ0v) is 11.1. The fourth-order valence-corrected chi connectivity index (χ4v) is 1.59. The van der Waals surface area contributed by atoms with Gasteiger partial charge in [0.1, 0.15) is 6.61 Å². The minimum absolute atomic E-state index is 0.0300. The van der Waals surface area contributed by atoms with Crippen LogP contribution >= 0.6 is 0 Å². The first-order valence-electron chi connectivity index (χ1n) is 5.97. The van der Waals surface area contributed by atoms with Crippen molar-refractivity contribution in [1.82, 2.24) is 5.32 Å². The Morgan fingerprint density at radius 2 is 2.26 bits per heavy atom. The van der Waals surface area contributed by atoms with Crippen LogP contribution in [0.5, 0.6) is 5.75 Å². The summed E-state index contributed by atoms with van der Waals surface area (Å²) in [6.07, 6.45) is 0. The van der Waals surface area contributed by atoms with Gasteiger partial charge in [0.15, 0.2) is 11.6 Å². The van der Waals surface area contributed by atoms with Crippen molar-refractivity contribution in [3.63, 3.8) is 0 Å². The van der Waals surface area contributed by atoms with Gasteiger partial charge in [-0.25, -0.2) is 4.39 Å². The van der Waals surface area contributed by atoms with Gasteiger partial charge in [0, 0.05) is 12.6 Å². The summed E-state index contributed by atoms with van der Waals surface area (Å²) in [5.41, 5.74) is 5.74. The Kier molecular flexibility index (Phi) is 6.24. The highest BCUT2D eigenvalue weighted by molar-refractivity contribution is 5.74. The van der Waals surface area contributed by atoms with Crippen LogP contribution in [-0.2, 0) is 9.53 Å². The maximum Gasteiger partial charge on any atom is 0.243 e. The quantitative estimate of drug-likeness (QED) is 0.691. The number of halogens is 1. The second kappa shape index (κ2) is 7.70. The summed E-state index contributed by atoms with van der Waals surface area (Å²) in [6.45, 7) is 2.73. The number of methoxy groups -OCH3 is 1. The van der Waals surface area contributed by atoms with Gasteiger partial charge >= 0.3 is 0 Å². The third kappa shape index (κ3) is 5.23. The van der Waals surface area contributed by atoms with Crippen molar-refractivity contribution in [2.45, 2.75) is 13.0 Å². The van der Waals surface area contributed by atoms with E-state index in [0.29, 0.717) is 13.2 Å². The van der Waals surface area contributed by atoms with E-state index in [4.69, 9.17) is 15.2 Å². The number of nitrogens with one attached hydrogen (secondary N) is 1. The van der Waals surface area contributed by atoms with E-state index in [2.05, 4.69) is 5.32 Å². The summed E-state index contributed by atoms with van der Waals surface area (Å²) in [5, 5.41) is 3.15. The van der Waals surface area contributed by atoms with E-state index in [1.165, 1.54) is 13.2 Å². The lowest BCUT2D eigenvalue weighted by Gasteiger charge is -2.15. The van der Waals surface area contributed by atoms with E-state index < -0.39 is 11.7 Å². The molecular formula is C13H19FN2O3. The van der Waals surface area contributed by atoms with Gasteiger partial charge in [-0.3, -0.25) is 4.79 Å². The van der Waals surface area contributed by atoms with Gasteiger partial charge in [-0.2, -0.15) is 0 Å². The van der Waals surface area contributed by atoms with Crippen LogP contribution in [0.2, 0.25) is 0 Å². The van der Waals surface area contributed by atoms with Crippen molar-refractivity contribution >= 4 is 5.91 Å². The highest BCUT2D eigenvalue weighted by Crippen LogP contribution is 2.21. The molecule has 1 unspecified atom stereocenters. The Bertz CT molecular complexity index is 426. The van der Waals surface area contributed by atoms with Crippen LogP contribution in [0, 0.1) is 5.82 Å². The van der Waals surface area contributed by atoms with Crippen molar-refractivity contribution in [2.24, 2.45) is 5.73 Å². The molecule has 0 aliphatic heterocycles. The number of amides is 1. The molecule has 0 bridgehead atoms. The van der Waals surface area contributed by atoms with Gasteiger partial charge in [0.2, 0.25) is 5.91 Å². The van der Waals surface area contributed by atoms with Crippen LogP contribution in [0.3, 0.4) is 0 Å². The first-order valence-corrected chi connectivity index (χ1v) is 5.97. The van der Waals surface area contributed by atoms with Gasteiger partial charge in [-0.05, 0) is 24.6 Å². The fourth-order valence-electron chi connectivity index (χ4n) is 1.59. The second-order valence-corrected chi connectivity index (χ2v) is 4.09. The van der Waals surface area contributed by atoms with Gasteiger partial charge in [0.25, 0.3) is 0 Å². The molecule has 1 aromatic carbocycles. The minimum atomic E-state index is -0.495. The van der Waals surface area contributed by atoms with Gasteiger partial charge in [0.05, 0.1) is 13.7 Å². The summed E-state index contributed by atoms with van der Waals surface area (Å²) in [4.78, 5) is 10.4. The number of hydrogen-bond donors (Lipinski definition) is 2. The Morgan fingerprint density at radius 1 is 1.53 bits per heavy atom. The van der Waals surface area contributed by atoms with Crippen LogP contribution in [0.15, 0.2) is 18.2 Å². The molecule has 1 atom stereocenters. The molecule has 0 aromatic heterocycles. The predicted molar refractivity (Wildman–Crippen MR) is 69.4 cm³/mol. The second-order valence-electron chi connectivity index (χ2n) is 4.09. The van der Waals surface area contributed by atoms with E-state index in [0.717, 1.165) is 5.56 Å².